The van der Waals surface area contributed by atoms with E-state index in [2.05, 4.69) is 5.32 Å². The second kappa shape index (κ2) is 7.42. The van der Waals surface area contributed by atoms with Gasteiger partial charge in [-0.15, -0.1) is 0 Å². The summed E-state index contributed by atoms with van der Waals surface area (Å²) in [7, 11) is -3.14. The zero-order valence-electron chi connectivity index (χ0n) is 13.9. The van der Waals surface area contributed by atoms with Gasteiger partial charge in [-0.2, -0.15) is 4.31 Å². The van der Waals surface area contributed by atoms with Gasteiger partial charge in [-0.3, -0.25) is 9.69 Å². The lowest BCUT2D eigenvalue weighted by atomic mass is 10.1. The van der Waals surface area contributed by atoms with Gasteiger partial charge in [-0.25, -0.2) is 8.42 Å². The van der Waals surface area contributed by atoms with Crippen LogP contribution in [0.5, 0.6) is 0 Å². The smallest absolute Gasteiger partial charge is 0.237 e. The van der Waals surface area contributed by atoms with E-state index in [1.165, 1.54) is 16.1 Å². The molecule has 0 spiro atoms. The fraction of sp³-hybridized carbons (Fsp3) is 0.562. The third-order valence-electron chi connectivity index (χ3n) is 4.26. The molecular weight excluding hydrogens is 314 g/mol. The lowest BCUT2D eigenvalue weighted by molar-refractivity contribution is -0.126. The molecule has 2 rings (SSSR count). The van der Waals surface area contributed by atoms with Crippen LogP contribution in [0.25, 0.3) is 0 Å². The Morgan fingerprint density at radius 3 is 2.26 bits per heavy atom. The maximum Gasteiger partial charge on any atom is 0.237 e. The number of nitrogens with one attached hydrogen (secondary N) is 1. The first-order valence-electron chi connectivity index (χ1n) is 7.80. The van der Waals surface area contributed by atoms with Crippen LogP contribution in [0.15, 0.2) is 24.3 Å². The highest BCUT2D eigenvalue weighted by atomic mass is 32.2. The fourth-order valence-corrected chi connectivity index (χ4v) is 3.46. The summed E-state index contributed by atoms with van der Waals surface area (Å²) in [6.07, 6.45) is 1.22. The van der Waals surface area contributed by atoms with Crippen molar-refractivity contribution in [2.45, 2.75) is 26.4 Å². The summed E-state index contributed by atoms with van der Waals surface area (Å²) in [4.78, 5) is 14.3. The van der Waals surface area contributed by atoms with Gasteiger partial charge in [0.25, 0.3) is 0 Å². The van der Waals surface area contributed by atoms with Crippen molar-refractivity contribution in [1.82, 2.24) is 14.5 Å². The molecule has 1 aliphatic heterocycles. The number of piperazine rings is 1. The van der Waals surface area contributed by atoms with Crippen LogP contribution in [0, 0.1) is 6.92 Å². The first-order chi connectivity index (χ1) is 10.8. The van der Waals surface area contributed by atoms with E-state index in [4.69, 9.17) is 0 Å². The third kappa shape index (κ3) is 5.02. The standard InChI is InChI=1S/C16H25N3O3S/c1-13-4-6-15(7-5-13)12-17-16(20)14(2)18-8-10-19(11-9-18)23(3,21)22/h4-7,14H,8-12H2,1-3H3,(H,17,20)/t14-/m0/s1. The molecule has 0 saturated carbocycles. The molecule has 1 amide bonds. The van der Waals surface area contributed by atoms with E-state index < -0.39 is 10.0 Å². The second-order valence-electron chi connectivity index (χ2n) is 6.08. The minimum Gasteiger partial charge on any atom is -0.351 e. The van der Waals surface area contributed by atoms with Crippen LogP contribution in [-0.2, 0) is 21.4 Å². The number of benzene rings is 1. The molecule has 0 bridgehead atoms. The van der Waals surface area contributed by atoms with Gasteiger partial charge >= 0.3 is 0 Å². The Kier molecular flexibility index (Phi) is 5.78. The number of carbonyl (C=O) groups is 1. The van der Waals surface area contributed by atoms with Crippen LogP contribution in [0.4, 0.5) is 0 Å². The van der Waals surface area contributed by atoms with Crippen molar-refractivity contribution in [3.8, 4) is 0 Å². The highest BCUT2D eigenvalue weighted by Gasteiger charge is 2.28. The number of rotatable bonds is 5. The monoisotopic (exact) mass is 339 g/mol. The molecule has 0 aromatic heterocycles. The highest BCUT2D eigenvalue weighted by Crippen LogP contribution is 2.10. The van der Waals surface area contributed by atoms with Crippen LogP contribution >= 0.6 is 0 Å². The fourth-order valence-electron chi connectivity index (χ4n) is 2.63. The van der Waals surface area contributed by atoms with Gasteiger partial charge in [-0.1, -0.05) is 29.8 Å². The zero-order valence-corrected chi connectivity index (χ0v) is 14.8. The molecule has 1 aromatic carbocycles. The molecule has 1 atom stereocenters. The van der Waals surface area contributed by atoms with Crippen molar-refractivity contribution in [1.29, 1.82) is 0 Å². The molecule has 1 aliphatic rings. The minimum atomic E-state index is -3.14. The first kappa shape index (κ1) is 17.9. The van der Waals surface area contributed by atoms with Crippen molar-refractivity contribution in [3.63, 3.8) is 0 Å². The minimum absolute atomic E-state index is 0.0293. The van der Waals surface area contributed by atoms with E-state index in [0.717, 1.165) is 5.56 Å². The summed E-state index contributed by atoms with van der Waals surface area (Å²) in [5.74, 6) is -0.0293. The summed E-state index contributed by atoms with van der Waals surface area (Å²) in [5, 5.41) is 2.94. The number of carbonyl (C=O) groups excluding carboxylic acids is 1. The average molecular weight is 339 g/mol. The number of aryl methyl sites for hydroxylation is 1. The molecule has 7 heteroatoms. The van der Waals surface area contributed by atoms with Gasteiger partial charge in [0.2, 0.25) is 15.9 Å². The van der Waals surface area contributed by atoms with Crippen LogP contribution < -0.4 is 5.32 Å². The number of nitrogens with zero attached hydrogens (tertiary/aromatic N) is 2. The quantitative estimate of drug-likeness (QED) is 0.852. The van der Waals surface area contributed by atoms with Gasteiger partial charge in [0.1, 0.15) is 0 Å². The number of hydrogen-bond donors (Lipinski definition) is 1. The first-order valence-corrected chi connectivity index (χ1v) is 9.64. The Labute approximate surface area is 138 Å². The summed E-state index contributed by atoms with van der Waals surface area (Å²) in [6.45, 7) is 6.43. The SMILES string of the molecule is Cc1ccc(CNC(=O)[C@H](C)N2CCN(S(C)(=O)=O)CC2)cc1. The largest absolute Gasteiger partial charge is 0.351 e. The Bertz CT molecular complexity index is 635. The predicted molar refractivity (Wildman–Crippen MR) is 90.5 cm³/mol. The van der Waals surface area contributed by atoms with Crippen LogP contribution in [-0.4, -0.2) is 62.0 Å². The summed E-state index contributed by atoms with van der Waals surface area (Å²) >= 11 is 0. The van der Waals surface area contributed by atoms with Crippen molar-refractivity contribution in [3.05, 3.63) is 35.4 Å². The molecule has 1 saturated heterocycles. The number of sulfonamides is 1. The van der Waals surface area contributed by atoms with Crippen molar-refractivity contribution >= 4 is 15.9 Å². The Morgan fingerprint density at radius 1 is 1.17 bits per heavy atom. The van der Waals surface area contributed by atoms with Gasteiger partial charge in [-0.05, 0) is 19.4 Å². The predicted octanol–water partition coefficient (Wildman–Crippen LogP) is 0.577. The van der Waals surface area contributed by atoms with E-state index in [-0.39, 0.29) is 11.9 Å². The second-order valence-corrected chi connectivity index (χ2v) is 8.06. The molecule has 1 heterocycles. The Hall–Kier alpha value is -1.44. The molecular formula is C16H25N3O3S. The molecule has 1 aromatic rings. The van der Waals surface area contributed by atoms with Crippen molar-refractivity contribution in [2.75, 3.05) is 32.4 Å². The number of amides is 1. The van der Waals surface area contributed by atoms with Gasteiger partial charge in [0.05, 0.1) is 12.3 Å². The summed E-state index contributed by atoms with van der Waals surface area (Å²) in [5.41, 5.74) is 2.26. The molecule has 0 unspecified atom stereocenters. The normalized spacial score (nSPS) is 18.6. The molecule has 0 aliphatic carbocycles. The van der Waals surface area contributed by atoms with Crippen molar-refractivity contribution < 1.29 is 13.2 Å². The van der Waals surface area contributed by atoms with E-state index in [9.17, 15) is 13.2 Å². The van der Waals surface area contributed by atoms with E-state index >= 15 is 0 Å². The van der Waals surface area contributed by atoms with E-state index in [0.29, 0.717) is 32.7 Å². The Morgan fingerprint density at radius 2 is 1.74 bits per heavy atom. The van der Waals surface area contributed by atoms with Crippen LogP contribution in [0.3, 0.4) is 0 Å². The summed E-state index contributed by atoms with van der Waals surface area (Å²) in [6, 6.07) is 7.79. The summed E-state index contributed by atoms with van der Waals surface area (Å²) < 4.78 is 24.5. The molecule has 1 N–H and O–H groups in total. The Balaban J connectivity index is 1.82. The molecule has 128 valence electrons. The molecule has 0 radical (unpaired) electrons. The lowest BCUT2D eigenvalue weighted by Crippen LogP contribution is -2.54. The van der Waals surface area contributed by atoms with E-state index in [1.54, 1.807) is 0 Å². The van der Waals surface area contributed by atoms with Gasteiger partial charge < -0.3 is 5.32 Å². The lowest BCUT2D eigenvalue weighted by Gasteiger charge is -2.36. The number of hydrogen-bond acceptors (Lipinski definition) is 4. The van der Waals surface area contributed by atoms with Crippen molar-refractivity contribution in [2.24, 2.45) is 0 Å². The molecule has 1 fully saturated rings. The third-order valence-corrected chi connectivity index (χ3v) is 5.56. The average Bonchev–Trinajstić information content (AvgIpc) is 2.52. The van der Waals surface area contributed by atoms with Gasteiger partial charge in [0, 0.05) is 32.7 Å². The van der Waals surface area contributed by atoms with Crippen LogP contribution in [0.1, 0.15) is 18.1 Å². The highest BCUT2D eigenvalue weighted by molar-refractivity contribution is 7.88. The maximum atomic E-state index is 12.3. The molecule has 23 heavy (non-hydrogen) atoms. The van der Waals surface area contributed by atoms with E-state index in [1.807, 2.05) is 43.0 Å². The maximum absolute atomic E-state index is 12.3. The molecule has 6 nitrogen and oxygen atoms in total. The van der Waals surface area contributed by atoms with Gasteiger partial charge in [0.15, 0.2) is 0 Å². The van der Waals surface area contributed by atoms with Crippen LogP contribution in [0.2, 0.25) is 0 Å². The topological polar surface area (TPSA) is 69.7 Å². The zero-order chi connectivity index (χ0) is 17.0.